The van der Waals surface area contributed by atoms with Crippen LogP contribution in [-0.2, 0) is 9.36 Å². The van der Waals surface area contributed by atoms with Crippen molar-refractivity contribution in [1.29, 1.82) is 0 Å². The number of likely N-dealkylation sites (tertiary alicyclic amines) is 1. The van der Waals surface area contributed by atoms with Crippen LogP contribution in [0.15, 0.2) is 115 Å². The zero-order valence-electron chi connectivity index (χ0n) is 25.0. The number of carbonyl (C=O) groups is 2. The summed E-state index contributed by atoms with van der Waals surface area (Å²) in [6.07, 6.45) is 2.68. The number of carbonyl (C=O) groups excluding carboxylic acids is 2. The molecule has 4 aromatic carbocycles. The van der Waals surface area contributed by atoms with Gasteiger partial charge in [-0.25, -0.2) is 4.57 Å². The number of nitrogens with one attached hydrogen (secondary N) is 1. The maximum Gasteiger partial charge on any atom is 0.452 e. The van der Waals surface area contributed by atoms with Crippen LogP contribution in [0.2, 0.25) is 0 Å². The first-order chi connectivity index (χ1) is 21.9. The molecule has 3 N–H and O–H groups in total. The maximum atomic E-state index is 14.6. The first-order valence-corrected chi connectivity index (χ1v) is 16.8. The van der Waals surface area contributed by atoms with E-state index in [9.17, 15) is 14.2 Å². The Bertz CT molecular complexity index is 1540. The minimum absolute atomic E-state index is 0.282. The molecule has 1 aliphatic rings. The fourth-order valence-electron chi connectivity index (χ4n) is 5.22. The Balaban J connectivity index is 1.36. The van der Waals surface area contributed by atoms with Crippen molar-refractivity contribution in [2.75, 3.05) is 13.1 Å². The number of unbranched alkanes of at least 4 members (excludes halogenated alkanes) is 1. The van der Waals surface area contributed by atoms with E-state index in [-0.39, 0.29) is 5.91 Å². The lowest BCUT2D eigenvalue weighted by atomic mass is 10.1. The molecular weight excluding hydrogens is 589 g/mol. The molecule has 4 aromatic rings. The van der Waals surface area contributed by atoms with Crippen molar-refractivity contribution < 1.29 is 27.9 Å². The molecule has 2 atom stereocenters. The van der Waals surface area contributed by atoms with E-state index >= 15 is 0 Å². The van der Waals surface area contributed by atoms with Crippen LogP contribution in [0.1, 0.15) is 42.5 Å². The van der Waals surface area contributed by atoms with Crippen molar-refractivity contribution in [1.82, 2.24) is 10.2 Å². The summed E-state index contributed by atoms with van der Waals surface area (Å²) in [6, 6.07) is 32.9. The van der Waals surface area contributed by atoms with Gasteiger partial charge in [0.25, 0.3) is 5.91 Å². The number of para-hydroxylation sites is 3. The second-order valence-corrected chi connectivity index (χ2v) is 12.8. The summed E-state index contributed by atoms with van der Waals surface area (Å²) >= 11 is 0. The van der Waals surface area contributed by atoms with Crippen LogP contribution in [0.5, 0.6) is 23.0 Å². The normalized spacial score (nSPS) is 15.2. The number of ether oxygens (including phenoxy) is 1. The van der Waals surface area contributed by atoms with E-state index < -0.39 is 25.3 Å². The summed E-state index contributed by atoms with van der Waals surface area (Å²) in [6.45, 7) is 0.860. The number of benzene rings is 4. The van der Waals surface area contributed by atoms with Crippen molar-refractivity contribution in [3.05, 3.63) is 121 Å². The Hall–Kier alpha value is -4.59. The highest BCUT2D eigenvalue weighted by molar-refractivity contribution is 7.55. The van der Waals surface area contributed by atoms with Crippen molar-refractivity contribution >= 4 is 19.4 Å². The highest BCUT2D eigenvalue weighted by atomic mass is 31.2. The quantitative estimate of drug-likeness (QED) is 0.114. The SMILES string of the molecule is NCCCCC(NC(=O)[C@@H]1CCCN1C(=O)c1cccc(Oc2ccccc2)c1)P(=O)(Oc1ccccc1)Oc1ccccc1. The molecule has 1 aliphatic heterocycles. The molecular formula is C35H38N3O6P. The summed E-state index contributed by atoms with van der Waals surface area (Å²) in [4.78, 5) is 29.2. The van der Waals surface area contributed by atoms with Gasteiger partial charge < -0.3 is 29.7 Å². The van der Waals surface area contributed by atoms with E-state index in [4.69, 9.17) is 19.5 Å². The van der Waals surface area contributed by atoms with Gasteiger partial charge in [0.05, 0.1) is 0 Å². The van der Waals surface area contributed by atoms with E-state index in [1.807, 2.05) is 42.5 Å². The third-order valence-electron chi connectivity index (χ3n) is 7.45. The molecule has 1 saturated heterocycles. The van der Waals surface area contributed by atoms with Gasteiger partial charge in [-0.1, -0.05) is 60.7 Å². The van der Waals surface area contributed by atoms with Crippen molar-refractivity contribution in [3.63, 3.8) is 0 Å². The number of amides is 2. The van der Waals surface area contributed by atoms with E-state index in [0.29, 0.717) is 73.8 Å². The van der Waals surface area contributed by atoms with Gasteiger partial charge in [0.15, 0.2) is 5.78 Å². The van der Waals surface area contributed by atoms with Crippen LogP contribution in [-0.4, -0.2) is 41.6 Å². The van der Waals surface area contributed by atoms with Crippen molar-refractivity contribution in [2.45, 2.75) is 43.9 Å². The second-order valence-electron chi connectivity index (χ2n) is 10.8. The van der Waals surface area contributed by atoms with Gasteiger partial charge in [-0.05, 0) is 93.2 Å². The summed E-state index contributed by atoms with van der Waals surface area (Å²) in [5.74, 6) is 0.191. The highest BCUT2D eigenvalue weighted by Crippen LogP contribution is 2.53. The molecule has 0 saturated carbocycles. The first-order valence-electron chi connectivity index (χ1n) is 15.2. The van der Waals surface area contributed by atoms with Gasteiger partial charge in [0.1, 0.15) is 29.0 Å². The van der Waals surface area contributed by atoms with Crippen molar-refractivity contribution in [2.24, 2.45) is 5.73 Å². The van der Waals surface area contributed by atoms with E-state index in [2.05, 4.69) is 5.32 Å². The van der Waals surface area contributed by atoms with Crippen LogP contribution >= 0.6 is 7.60 Å². The van der Waals surface area contributed by atoms with E-state index in [1.54, 1.807) is 77.7 Å². The van der Waals surface area contributed by atoms with Crippen LogP contribution in [0.4, 0.5) is 0 Å². The molecule has 0 spiro atoms. The Morgan fingerprint density at radius 2 is 1.38 bits per heavy atom. The Kier molecular flexibility index (Phi) is 10.9. The summed E-state index contributed by atoms with van der Waals surface area (Å²) < 4.78 is 32.7. The van der Waals surface area contributed by atoms with E-state index in [1.165, 1.54) is 0 Å². The lowest BCUT2D eigenvalue weighted by Gasteiger charge is -2.30. The standard InChI is InChI=1S/C35H38N3O6P/c36-24-11-10-23-33(45(41,43-29-17-6-2-7-18-29)44-30-19-8-3-9-20-30)37-34(39)32-22-13-25-38(32)35(40)27-14-12-21-31(26-27)42-28-15-4-1-5-16-28/h1-9,12,14-21,26,32-33H,10-11,13,22-25,36H2,(H,37,39)/t32-,33?/m0/s1. The number of hydrogen-bond acceptors (Lipinski definition) is 7. The lowest BCUT2D eigenvalue weighted by Crippen LogP contribution is -2.49. The van der Waals surface area contributed by atoms with Crippen LogP contribution in [0, 0.1) is 0 Å². The predicted octanol–water partition coefficient (Wildman–Crippen LogP) is 7.01. The third-order valence-corrected chi connectivity index (χ3v) is 9.53. The molecule has 10 heteroatoms. The fourth-order valence-corrected chi connectivity index (χ4v) is 7.13. The van der Waals surface area contributed by atoms with Gasteiger partial charge in [0.2, 0.25) is 5.91 Å². The first kappa shape index (κ1) is 31.8. The highest BCUT2D eigenvalue weighted by Gasteiger charge is 2.43. The molecule has 0 bridgehead atoms. The van der Waals surface area contributed by atoms with Crippen LogP contribution < -0.4 is 24.8 Å². The molecule has 1 fully saturated rings. The molecule has 5 rings (SSSR count). The molecule has 45 heavy (non-hydrogen) atoms. The molecule has 234 valence electrons. The number of hydrogen-bond donors (Lipinski definition) is 2. The zero-order valence-corrected chi connectivity index (χ0v) is 25.9. The smallest absolute Gasteiger partial charge is 0.452 e. The Morgan fingerprint density at radius 3 is 1.98 bits per heavy atom. The van der Waals surface area contributed by atoms with Gasteiger partial charge in [-0.15, -0.1) is 0 Å². The van der Waals surface area contributed by atoms with Gasteiger partial charge in [-0.3, -0.25) is 9.59 Å². The Morgan fingerprint density at radius 1 is 0.800 bits per heavy atom. The molecule has 1 heterocycles. The average Bonchev–Trinajstić information content (AvgIpc) is 3.56. The number of nitrogens with two attached hydrogens (primary N) is 1. The largest absolute Gasteiger partial charge is 0.457 e. The van der Waals surface area contributed by atoms with Crippen LogP contribution in [0.25, 0.3) is 0 Å². The van der Waals surface area contributed by atoms with Crippen molar-refractivity contribution in [3.8, 4) is 23.0 Å². The summed E-state index contributed by atoms with van der Waals surface area (Å²) in [5, 5.41) is 2.97. The van der Waals surface area contributed by atoms with Gasteiger partial charge in [-0.2, -0.15) is 0 Å². The maximum absolute atomic E-state index is 14.6. The van der Waals surface area contributed by atoms with E-state index in [0.717, 1.165) is 0 Å². The molecule has 2 amide bonds. The molecule has 1 unspecified atom stereocenters. The lowest BCUT2D eigenvalue weighted by molar-refractivity contribution is -0.125. The zero-order chi connectivity index (χ0) is 31.5. The third kappa shape index (κ3) is 8.53. The summed E-state index contributed by atoms with van der Waals surface area (Å²) in [5.41, 5.74) is 6.17. The fraction of sp³-hybridized carbons (Fsp3) is 0.257. The molecule has 0 aromatic heterocycles. The Labute approximate surface area is 263 Å². The predicted molar refractivity (Wildman–Crippen MR) is 174 cm³/mol. The second kappa shape index (κ2) is 15.4. The van der Waals surface area contributed by atoms with Gasteiger partial charge >= 0.3 is 7.60 Å². The van der Waals surface area contributed by atoms with Crippen LogP contribution in [0.3, 0.4) is 0 Å². The minimum atomic E-state index is -4.04. The monoisotopic (exact) mass is 627 g/mol. The topological polar surface area (TPSA) is 120 Å². The number of nitrogens with zero attached hydrogens (tertiary/aromatic N) is 1. The molecule has 9 nitrogen and oxygen atoms in total. The number of rotatable bonds is 14. The molecule has 0 aliphatic carbocycles. The van der Waals surface area contributed by atoms with Gasteiger partial charge in [0, 0.05) is 12.1 Å². The minimum Gasteiger partial charge on any atom is -0.457 e. The molecule has 0 radical (unpaired) electrons. The summed E-state index contributed by atoms with van der Waals surface area (Å²) in [7, 11) is -4.04. The average molecular weight is 628 g/mol.